The molecule has 0 radical (unpaired) electrons. The molecule has 0 spiro atoms. The van der Waals surface area contributed by atoms with Crippen LogP contribution < -0.4 is 5.32 Å². The third kappa shape index (κ3) is 4.74. The van der Waals surface area contributed by atoms with Gasteiger partial charge in [-0.2, -0.15) is 0 Å². The molecule has 10 heteroatoms. The topological polar surface area (TPSA) is 119 Å². The second-order valence-electron chi connectivity index (χ2n) is 6.42. The SMILES string of the molecule is CC(=O)C[C@@H]1CC[C@H](NC(=O)c2ccc(Cn3cnnn3)cc2)B(O)O1. The predicted octanol–water partition coefficient (Wildman–Crippen LogP) is -0.00240. The largest absolute Gasteiger partial charge is 0.478 e. The molecule has 1 aromatic heterocycles. The van der Waals surface area contributed by atoms with E-state index in [1.807, 2.05) is 12.1 Å². The van der Waals surface area contributed by atoms with Gasteiger partial charge in [-0.15, -0.1) is 5.10 Å². The van der Waals surface area contributed by atoms with Crippen molar-refractivity contribution in [3.05, 3.63) is 41.7 Å². The van der Waals surface area contributed by atoms with Gasteiger partial charge in [0, 0.05) is 18.1 Å². The van der Waals surface area contributed by atoms with Gasteiger partial charge in [0.2, 0.25) is 0 Å². The first-order chi connectivity index (χ1) is 12.5. The molecule has 9 nitrogen and oxygen atoms in total. The Morgan fingerprint density at radius 1 is 1.35 bits per heavy atom. The van der Waals surface area contributed by atoms with Crippen molar-refractivity contribution in [2.75, 3.05) is 0 Å². The lowest BCUT2D eigenvalue weighted by Gasteiger charge is -2.31. The van der Waals surface area contributed by atoms with Crippen LogP contribution in [0.4, 0.5) is 0 Å². The first-order valence-electron chi connectivity index (χ1n) is 8.45. The number of nitrogens with one attached hydrogen (secondary N) is 1. The van der Waals surface area contributed by atoms with E-state index in [0.29, 0.717) is 24.9 Å². The minimum Gasteiger partial charge on any atom is -0.426 e. The molecule has 3 rings (SSSR count). The van der Waals surface area contributed by atoms with Crippen LogP contribution in [0.25, 0.3) is 0 Å². The zero-order chi connectivity index (χ0) is 18.5. The van der Waals surface area contributed by atoms with Crippen molar-refractivity contribution in [3.63, 3.8) is 0 Å². The maximum Gasteiger partial charge on any atom is 0.478 e. The normalized spacial score (nSPS) is 20.0. The maximum atomic E-state index is 12.4. The quantitative estimate of drug-likeness (QED) is 0.698. The third-order valence-corrected chi connectivity index (χ3v) is 4.26. The Bertz CT molecular complexity index is 753. The molecule has 2 atom stereocenters. The van der Waals surface area contributed by atoms with E-state index in [9.17, 15) is 14.6 Å². The van der Waals surface area contributed by atoms with Crippen LogP contribution in [0.2, 0.25) is 0 Å². The van der Waals surface area contributed by atoms with Crippen molar-refractivity contribution < 1.29 is 19.3 Å². The Morgan fingerprint density at radius 2 is 2.12 bits per heavy atom. The molecule has 2 N–H and O–H groups in total. The maximum absolute atomic E-state index is 12.4. The minimum atomic E-state index is -1.11. The zero-order valence-electron chi connectivity index (χ0n) is 14.4. The number of hydrogen-bond acceptors (Lipinski definition) is 7. The van der Waals surface area contributed by atoms with E-state index in [4.69, 9.17) is 4.65 Å². The number of aromatic nitrogens is 4. The van der Waals surface area contributed by atoms with Crippen LogP contribution in [0, 0.1) is 0 Å². The highest BCUT2D eigenvalue weighted by atomic mass is 16.5. The number of nitrogens with zero attached hydrogens (tertiary/aromatic N) is 4. The zero-order valence-corrected chi connectivity index (χ0v) is 14.4. The second-order valence-corrected chi connectivity index (χ2v) is 6.42. The van der Waals surface area contributed by atoms with Crippen molar-refractivity contribution >= 4 is 18.8 Å². The number of hydrogen-bond donors (Lipinski definition) is 2. The van der Waals surface area contributed by atoms with Crippen LogP contribution in [-0.2, 0) is 16.0 Å². The highest BCUT2D eigenvalue weighted by Crippen LogP contribution is 2.19. The summed E-state index contributed by atoms with van der Waals surface area (Å²) >= 11 is 0. The van der Waals surface area contributed by atoms with Crippen LogP contribution >= 0.6 is 0 Å². The molecule has 1 amide bonds. The summed E-state index contributed by atoms with van der Waals surface area (Å²) in [5, 5.41) is 23.8. The number of benzene rings is 1. The molecule has 0 bridgehead atoms. The minimum absolute atomic E-state index is 0.0199. The summed E-state index contributed by atoms with van der Waals surface area (Å²) in [6.07, 6.45) is 2.68. The van der Waals surface area contributed by atoms with Gasteiger partial charge in [-0.25, -0.2) is 4.68 Å². The van der Waals surface area contributed by atoms with Crippen LogP contribution in [0.5, 0.6) is 0 Å². The molecule has 1 saturated heterocycles. The highest BCUT2D eigenvalue weighted by Gasteiger charge is 2.36. The lowest BCUT2D eigenvalue weighted by Crippen LogP contribution is -2.52. The second kappa shape index (κ2) is 8.20. The molecule has 2 aromatic rings. The van der Waals surface area contributed by atoms with Gasteiger partial charge in [0.25, 0.3) is 5.91 Å². The molecule has 1 aliphatic rings. The summed E-state index contributed by atoms with van der Waals surface area (Å²) in [6, 6.07) is 7.08. The Kier molecular flexibility index (Phi) is 5.74. The number of carbonyl (C=O) groups excluding carboxylic acids is 2. The first-order valence-corrected chi connectivity index (χ1v) is 8.45. The van der Waals surface area contributed by atoms with Crippen LogP contribution in [0.3, 0.4) is 0 Å². The van der Waals surface area contributed by atoms with E-state index < -0.39 is 13.1 Å². The summed E-state index contributed by atoms with van der Waals surface area (Å²) in [7, 11) is -1.11. The van der Waals surface area contributed by atoms with Crippen LogP contribution in [-0.4, -0.2) is 56.1 Å². The van der Waals surface area contributed by atoms with Crippen LogP contribution in [0.15, 0.2) is 30.6 Å². The highest BCUT2D eigenvalue weighted by molar-refractivity contribution is 6.45. The summed E-state index contributed by atoms with van der Waals surface area (Å²) < 4.78 is 7.01. The Labute approximate surface area is 150 Å². The van der Waals surface area contributed by atoms with Gasteiger partial charge >= 0.3 is 7.12 Å². The smallest absolute Gasteiger partial charge is 0.426 e. The van der Waals surface area contributed by atoms with E-state index in [2.05, 4.69) is 20.8 Å². The van der Waals surface area contributed by atoms with E-state index in [-0.39, 0.29) is 24.2 Å². The first kappa shape index (κ1) is 18.2. The fraction of sp³-hybridized carbons (Fsp3) is 0.438. The van der Waals surface area contributed by atoms with Crippen molar-refractivity contribution in [1.29, 1.82) is 0 Å². The molecular formula is C16H20BN5O4. The standard InChI is InChI=1S/C16H20BN5O4/c1-11(23)8-14-6-7-15(17(25)26-14)19-16(24)13-4-2-12(3-5-13)9-22-10-18-20-21-22/h2-5,10,14-15,25H,6-9H2,1H3,(H,19,24)/t14-,15-/m0/s1. The van der Waals surface area contributed by atoms with Gasteiger partial charge in [0.15, 0.2) is 0 Å². The van der Waals surface area contributed by atoms with Crippen molar-refractivity contribution in [1.82, 2.24) is 25.5 Å². The third-order valence-electron chi connectivity index (χ3n) is 4.26. The molecule has 26 heavy (non-hydrogen) atoms. The van der Waals surface area contributed by atoms with Gasteiger partial charge < -0.3 is 15.0 Å². The van der Waals surface area contributed by atoms with E-state index >= 15 is 0 Å². The molecule has 0 unspecified atom stereocenters. The van der Waals surface area contributed by atoms with E-state index in [0.717, 1.165) is 5.56 Å². The van der Waals surface area contributed by atoms with E-state index in [1.165, 1.54) is 13.3 Å². The fourth-order valence-corrected chi connectivity index (χ4v) is 2.94. The number of carbonyl (C=O) groups is 2. The Morgan fingerprint density at radius 3 is 2.73 bits per heavy atom. The number of tetrazole rings is 1. The van der Waals surface area contributed by atoms with Gasteiger partial charge in [-0.3, -0.25) is 9.59 Å². The average Bonchev–Trinajstić information content (AvgIpc) is 3.10. The van der Waals surface area contributed by atoms with Crippen molar-refractivity contribution in [3.8, 4) is 0 Å². The molecular weight excluding hydrogens is 337 g/mol. The molecule has 1 aliphatic heterocycles. The van der Waals surface area contributed by atoms with Crippen molar-refractivity contribution in [2.45, 2.75) is 44.8 Å². The van der Waals surface area contributed by atoms with Crippen molar-refractivity contribution in [2.24, 2.45) is 0 Å². The molecule has 136 valence electrons. The Balaban J connectivity index is 1.54. The van der Waals surface area contributed by atoms with E-state index in [1.54, 1.807) is 16.8 Å². The molecule has 1 fully saturated rings. The lowest BCUT2D eigenvalue weighted by atomic mass is 9.72. The summed E-state index contributed by atoms with van der Waals surface area (Å²) in [5.41, 5.74) is 1.45. The lowest BCUT2D eigenvalue weighted by molar-refractivity contribution is -0.118. The number of amides is 1. The Hall–Kier alpha value is -2.59. The molecule has 2 heterocycles. The number of rotatable bonds is 6. The molecule has 0 saturated carbocycles. The average molecular weight is 357 g/mol. The predicted molar refractivity (Wildman–Crippen MR) is 92.0 cm³/mol. The van der Waals surface area contributed by atoms with Crippen LogP contribution in [0.1, 0.15) is 42.1 Å². The van der Waals surface area contributed by atoms with Gasteiger partial charge in [-0.05, 0) is 47.9 Å². The summed E-state index contributed by atoms with van der Waals surface area (Å²) in [4.78, 5) is 23.5. The molecule has 0 aliphatic carbocycles. The summed E-state index contributed by atoms with van der Waals surface area (Å²) in [6.45, 7) is 2.01. The number of Topliss-reactive ketones (excluding diaryl/α,β-unsaturated/α-hetero) is 1. The fourth-order valence-electron chi connectivity index (χ4n) is 2.94. The monoisotopic (exact) mass is 357 g/mol. The molecule has 1 aromatic carbocycles. The number of ketones is 1. The van der Waals surface area contributed by atoms with Gasteiger partial charge in [0.1, 0.15) is 12.1 Å². The summed E-state index contributed by atoms with van der Waals surface area (Å²) in [5.74, 6) is -0.755. The van der Waals surface area contributed by atoms with Gasteiger partial charge in [-0.1, -0.05) is 12.1 Å². The van der Waals surface area contributed by atoms with Gasteiger partial charge in [0.05, 0.1) is 12.5 Å².